The Bertz CT molecular complexity index is 1040. The van der Waals surface area contributed by atoms with E-state index in [9.17, 15) is 27.9 Å². The molecule has 1 saturated carbocycles. The second-order valence-corrected chi connectivity index (χ2v) is 8.72. The lowest BCUT2D eigenvalue weighted by Gasteiger charge is -2.39. The summed E-state index contributed by atoms with van der Waals surface area (Å²) in [7, 11) is 0. The van der Waals surface area contributed by atoms with Gasteiger partial charge >= 0.3 is 12.1 Å². The molecule has 1 fully saturated rings. The van der Waals surface area contributed by atoms with Gasteiger partial charge in [-0.25, -0.2) is 0 Å². The standard InChI is InChI=1S/C21H23F3N4O4/c1-20(2,31)18(30)25-14-5-3-4-6-15(14)28-10-12-8-7-11(9-13(12)17(28)29)16-26-19(32-27-16)21(22,23)24/h7-9,14-15,31H,3-6,10H2,1-2H3,(H,25,30)/t14?,15-/m0/s1. The highest BCUT2D eigenvalue weighted by atomic mass is 19.4. The van der Waals surface area contributed by atoms with Gasteiger partial charge in [0.05, 0.1) is 6.04 Å². The van der Waals surface area contributed by atoms with E-state index in [0.717, 1.165) is 18.4 Å². The number of carbonyl (C=O) groups excluding carboxylic acids is 2. The van der Waals surface area contributed by atoms with Gasteiger partial charge in [-0.3, -0.25) is 9.59 Å². The number of aliphatic hydroxyl groups is 1. The predicted octanol–water partition coefficient (Wildman–Crippen LogP) is 2.91. The molecule has 2 aromatic rings. The van der Waals surface area contributed by atoms with Crippen molar-refractivity contribution in [3.05, 3.63) is 35.2 Å². The van der Waals surface area contributed by atoms with Crippen LogP contribution in [0.4, 0.5) is 13.2 Å². The molecule has 1 aromatic heterocycles. The predicted molar refractivity (Wildman–Crippen MR) is 105 cm³/mol. The number of nitrogens with zero attached hydrogens (tertiary/aromatic N) is 3. The number of fused-ring (bicyclic) bond motifs is 1. The molecule has 172 valence electrons. The number of carbonyl (C=O) groups is 2. The summed E-state index contributed by atoms with van der Waals surface area (Å²) in [5.74, 6) is -2.47. The van der Waals surface area contributed by atoms with Gasteiger partial charge in [-0.05, 0) is 38.3 Å². The summed E-state index contributed by atoms with van der Waals surface area (Å²) in [5.41, 5.74) is -0.196. The third-order valence-electron chi connectivity index (χ3n) is 5.87. The smallest absolute Gasteiger partial charge is 0.381 e. The van der Waals surface area contributed by atoms with E-state index in [-0.39, 0.29) is 29.4 Å². The number of hydrogen-bond donors (Lipinski definition) is 2. The number of halogens is 3. The van der Waals surface area contributed by atoms with Crippen LogP contribution in [-0.2, 0) is 17.5 Å². The van der Waals surface area contributed by atoms with Gasteiger partial charge in [0, 0.05) is 23.7 Å². The second kappa shape index (κ2) is 7.88. The number of benzene rings is 1. The van der Waals surface area contributed by atoms with E-state index in [2.05, 4.69) is 20.0 Å². The first-order chi connectivity index (χ1) is 14.9. The molecule has 2 N–H and O–H groups in total. The molecule has 1 aromatic carbocycles. The Morgan fingerprint density at radius 1 is 1.25 bits per heavy atom. The van der Waals surface area contributed by atoms with E-state index in [0.29, 0.717) is 24.9 Å². The third kappa shape index (κ3) is 4.21. The van der Waals surface area contributed by atoms with E-state index in [1.165, 1.54) is 19.9 Å². The van der Waals surface area contributed by atoms with Crippen LogP contribution in [0.5, 0.6) is 0 Å². The van der Waals surface area contributed by atoms with Crippen LogP contribution < -0.4 is 5.32 Å². The van der Waals surface area contributed by atoms with Gasteiger partial charge in [0.15, 0.2) is 0 Å². The lowest BCUT2D eigenvalue weighted by Crippen LogP contribution is -2.56. The highest BCUT2D eigenvalue weighted by molar-refractivity contribution is 5.99. The number of alkyl halides is 3. The summed E-state index contributed by atoms with van der Waals surface area (Å²) < 4.78 is 42.5. The summed E-state index contributed by atoms with van der Waals surface area (Å²) in [5, 5.41) is 16.2. The van der Waals surface area contributed by atoms with Gasteiger partial charge in [0.25, 0.3) is 11.8 Å². The van der Waals surface area contributed by atoms with E-state index in [1.807, 2.05) is 0 Å². The first kappa shape index (κ1) is 22.3. The van der Waals surface area contributed by atoms with Crippen molar-refractivity contribution >= 4 is 11.8 Å². The van der Waals surface area contributed by atoms with Gasteiger partial charge < -0.3 is 19.8 Å². The molecule has 0 saturated heterocycles. The number of amides is 2. The van der Waals surface area contributed by atoms with E-state index >= 15 is 0 Å². The van der Waals surface area contributed by atoms with Crippen molar-refractivity contribution in [2.24, 2.45) is 0 Å². The van der Waals surface area contributed by atoms with E-state index < -0.39 is 23.6 Å². The van der Waals surface area contributed by atoms with Crippen LogP contribution in [-0.4, -0.2) is 49.6 Å². The average molecular weight is 452 g/mol. The molecule has 8 nitrogen and oxygen atoms in total. The quantitative estimate of drug-likeness (QED) is 0.739. The molecular formula is C21H23F3N4O4. The van der Waals surface area contributed by atoms with Gasteiger partial charge in [-0.15, -0.1) is 0 Å². The second-order valence-electron chi connectivity index (χ2n) is 8.72. The lowest BCUT2D eigenvalue weighted by molar-refractivity contribution is -0.159. The maximum atomic E-state index is 13.2. The minimum atomic E-state index is -4.75. The molecule has 0 spiro atoms. The molecule has 0 radical (unpaired) electrons. The molecule has 2 atom stereocenters. The van der Waals surface area contributed by atoms with Crippen molar-refractivity contribution in [1.82, 2.24) is 20.4 Å². The zero-order valence-corrected chi connectivity index (χ0v) is 17.6. The molecule has 1 aliphatic heterocycles. The van der Waals surface area contributed by atoms with E-state index in [1.54, 1.807) is 17.0 Å². The molecule has 32 heavy (non-hydrogen) atoms. The minimum absolute atomic E-state index is 0.244. The van der Waals surface area contributed by atoms with Gasteiger partial charge in [-0.1, -0.05) is 30.1 Å². The topological polar surface area (TPSA) is 109 Å². The Morgan fingerprint density at radius 2 is 1.97 bits per heavy atom. The number of hydrogen-bond acceptors (Lipinski definition) is 6. The Hall–Kier alpha value is -2.95. The fourth-order valence-electron chi connectivity index (χ4n) is 4.18. The average Bonchev–Trinajstić information content (AvgIpc) is 3.33. The summed E-state index contributed by atoms with van der Waals surface area (Å²) in [4.78, 5) is 30.6. The molecule has 0 bridgehead atoms. The van der Waals surface area contributed by atoms with Crippen molar-refractivity contribution in [2.45, 2.75) is 69.9 Å². The van der Waals surface area contributed by atoms with Gasteiger partial charge in [0.1, 0.15) is 5.60 Å². The molecule has 2 aliphatic rings. The highest BCUT2D eigenvalue weighted by Crippen LogP contribution is 2.34. The molecule has 11 heteroatoms. The molecule has 4 rings (SSSR count). The van der Waals surface area contributed by atoms with Crippen molar-refractivity contribution in [3.8, 4) is 11.4 Å². The Kier molecular flexibility index (Phi) is 5.48. The van der Waals surface area contributed by atoms with Crippen molar-refractivity contribution < 1.29 is 32.4 Å². The zero-order valence-electron chi connectivity index (χ0n) is 17.6. The zero-order chi connectivity index (χ0) is 23.3. The Balaban J connectivity index is 1.56. The lowest BCUT2D eigenvalue weighted by atomic mass is 9.88. The maximum absolute atomic E-state index is 13.2. The van der Waals surface area contributed by atoms with E-state index in [4.69, 9.17) is 0 Å². The van der Waals surface area contributed by atoms with Crippen molar-refractivity contribution in [1.29, 1.82) is 0 Å². The fourth-order valence-corrected chi connectivity index (χ4v) is 4.18. The first-order valence-electron chi connectivity index (χ1n) is 10.3. The molecule has 2 amide bonds. The third-order valence-corrected chi connectivity index (χ3v) is 5.87. The summed E-state index contributed by atoms with van der Waals surface area (Å²) >= 11 is 0. The molecule has 1 unspecified atom stereocenters. The Labute approximate surface area is 181 Å². The monoisotopic (exact) mass is 452 g/mol. The van der Waals surface area contributed by atoms with Gasteiger partial charge in [0.2, 0.25) is 5.82 Å². The van der Waals surface area contributed by atoms with Crippen molar-refractivity contribution in [3.63, 3.8) is 0 Å². The minimum Gasteiger partial charge on any atom is -0.381 e. The van der Waals surface area contributed by atoms with Crippen LogP contribution in [0, 0.1) is 0 Å². The van der Waals surface area contributed by atoms with Crippen molar-refractivity contribution in [2.75, 3.05) is 0 Å². The van der Waals surface area contributed by atoms with Crippen LogP contribution in [0.15, 0.2) is 22.7 Å². The largest absolute Gasteiger partial charge is 0.471 e. The van der Waals surface area contributed by atoms with Crippen LogP contribution in [0.3, 0.4) is 0 Å². The summed E-state index contributed by atoms with van der Waals surface area (Å²) in [6.07, 6.45) is -1.58. The van der Waals surface area contributed by atoms with Gasteiger partial charge in [-0.2, -0.15) is 18.2 Å². The number of aromatic nitrogens is 2. The summed E-state index contributed by atoms with van der Waals surface area (Å²) in [6.45, 7) is 3.13. The summed E-state index contributed by atoms with van der Waals surface area (Å²) in [6, 6.07) is 4.14. The van der Waals surface area contributed by atoms with Crippen LogP contribution >= 0.6 is 0 Å². The first-order valence-corrected chi connectivity index (χ1v) is 10.3. The Morgan fingerprint density at radius 3 is 2.62 bits per heavy atom. The number of rotatable bonds is 4. The van der Waals surface area contributed by atoms with Crippen LogP contribution in [0.25, 0.3) is 11.4 Å². The van der Waals surface area contributed by atoms with Crippen LogP contribution in [0.2, 0.25) is 0 Å². The SMILES string of the molecule is CC(C)(O)C(=O)NC1CCCC[C@@H]1N1Cc2ccc(-c3noc(C(F)(F)F)n3)cc2C1=O. The normalized spacial score (nSPS) is 21.6. The highest BCUT2D eigenvalue weighted by Gasteiger charge is 2.41. The molecule has 2 heterocycles. The molecule has 1 aliphatic carbocycles. The fraction of sp³-hybridized carbons (Fsp3) is 0.524. The number of nitrogens with one attached hydrogen (secondary N) is 1. The maximum Gasteiger partial charge on any atom is 0.471 e. The van der Waals surface area contributed by atoms with Crippen LogP contribution in [0.1, 0.15) is 61.3 Å². The molecular weight excluding hydrogens is 429 g/mol.